The lowest BCUT2D eigenvalue weighted by molar-refractivity contribution is -0.160. The molecule has 0 aromatic heterocycles. The van der Waals surface area contributed by atoms with Gasteiger partial charge in [0.15, 0.2) is 0 Å². The second kappa shape index (κ2) is 5.32. The van der Waals surface area contributed by atoms with Crippen molar-refractivity contribution in [3.8, 4) is 11.8 Å². The third kappa shape index (κ3) is 2.55. The molecule has 0 unspecified atom stereocenters. The third-order valence-electron chi connectivity index (χ3n) is 2.22. The maximum atomic E-state index is 11.6. The summed E-state index contributed by atoms with van der Waals surface area (Å²) in [4.78, 5) is 11.6. The van der Waals surface area contributed by atoms with E-state index in [4.69, 9.17) is 10.00 Å². The van der Waals surface area contributed by atoms with Gasteiger partial charge in [-0.1, -0.05) is 12.1 Å². The van der Waals surface area contributed by atoms with Crippen molar-refractivity contribution in [2.75, 3.05) is 13.7 Å². The molecule has 0 fully saturated rings. The Labute approximate surface area is 99.2 Å². The summed E-state index contributed by atoms with van der Waals surface area (Å²) in [7, 11) is 1.45. The summed E-state index contributed by atoms with van der Waals surface area (Å²) in [6.45, 7) is 1.69. The second-order valence-corrected chi connectivity index (χ2v) is 3.27. The fourth-order valence-corrected chi connectivity index (χ4v) is 1.31. The smallest absolute Gasteiger partial charge is 0.358 e. The van der Waals surface area contributed by atoms with Gasteiger partial charge >= 0.3 is 5.97 Å². The zero-order valence-electron chi connectivity index (χ0n) is 9.64. The van der Waals surface area contributed by atoms with Crippen LogP contribution in [0.15, 0.2) is 24.3 Å². The predicted octanol–water partition coefficient (Wildman–Crippen LogP) is 0.969. The summed E-state index contributed by atoms with van der Waals surface area (Å²) in [5.41, 5.74) is -2.18. The van der Waals surface area contributed by atoms with Gasteiger partial charge in [0.1, 0.15) is 11.8 Å². The van der Waals surface area contributed by atoms with Gasteiger partial charge < -0.3 is 14.6 Å². The predicted molar refractivity (Wildman–Crippen MR) is 59.1 cm³/mol. The van der Waals surface area contributed by atoms with Gasteiger partial charge in [0.25, 0.3) is 5.60 Å². The largest absolute Gasteiger partial charge is 0.497 e. The van der Waals surface area contributed by atoms with E-state index in [1.165, 1.54) is 19.2 Å². The highest BCUT2D eigenvalue weighted by atomic mass is 16.5. The van der Waals surface area contributed by atoms with E-state index < -0.39 is 11.6 Å². The van der Waals surface area contributed by atoms with Crippen LogP contribution < -0.4 is 4.74 Å². The molecular formula is C12H13NO4. The molecule has 90 valence electrons. The Bertz CT molecular complexity index is 452. The number of rotatable bonds is 4. The summed E-state index contributed by atoms with van der Waals surface area (Å²) < 4.78 is 9.64. The summed E-state index contributed by atoms with van der Waals surface area (Å²) in [6, 6.07) is 7.66. The Kier molecular flexibility index (Phi) is 4.07. The number of nitrogens with zero attached hydrogens (tertiary/aromatic N) is 1. The van der Waals surface area contributed by atoms with Crippen molar-refractivity contribution in [3.05, 3.63) is 29.8 Å². The standard InChI is InChI=1S/C12H13NO4/c1-3-17-11(14)12(15,8-13)9-5-4-6-10(7-9)16-2/h4-7,15H,3H2,1-2H3/t12-/m0/s1. The van der Waals surface area contributed by atoms with Crippen molar-refractivity contribution in [3.63, 3.8) is 0 Å². The lowest BCUT2D eigenvalue weighted by Crippen LogP contribution is -2.35. The number of ether oxygens (including phenoxy) is 2. The third-order valence-corrected chi connectivity index (χ3v) is 2.22. The van der Waals surface area contributed by atoms with Crippen molar-refractivity contribution in [1.82, 2.24) is 0 Å². The number of methoxy groups -OCH3 is 1. The molecule has 0 aliphatic carbocycles. The first-order chi connectivity index (χ1) is 8.08. The number of aliphatic hydroxyl groups is 1. The molecule has 0 spiro atoms. The summed E-state index contributed by atoms with van der Waals surface area (Å²) in [6.07, 6.45) is 0. The van der Waals surface area contributed by atoms with E-state index in [1.807, 2.05) is 0 Å². The van der Waals surface area contributed by atoms with Gasteiger partial charge in [-0.3, -0.25) is 0 Å². The number of carbonyl (C=O) groups excluding carboxylic acids is 1. The fourth-order valence-electron chi connectivity index (χ4n) is 1.31. The molecule has 0 bridgehead atoms. The monoisotopic (exact) mass is 235 g/mol. The van der Waals surface area contributed by atoms with E-state index in [1.54, 1.807) is 25.1 Å². The van der Waals surface area contributed by atoms with E-state index >= 15 is 0 Å². The average Bonchev–Trinajstić information content (AvgIpc) is 2.38. The number of esters is 1. The molecular weight excluding hydrogens is 222 g/mol. The first-order valence-electron chi connectivity index (χ1n) is 5.03. The SMILES string of the molecule is CCOC(=O)[C@](O)(C#N)c1cccc(OC)c1. The number of carbonyl (C=O) groups is 1. The molecule has 0 saturated heterocycles. The summed E-state index contributed by atoms with van der Waals surface area (Å²) in [5.74, 6) is -0.545. The molecule has 0 aliphatic rings. The number of hydrogen-bond acceptors (Lipinski definition) is 5. The van der Waals surface area contributed by atoms with Crippen molar-refractivity contribution < 1.29 is 19.4 Å². The Morgan fingerprint density at radius 2 is 2.29 bits per heavy atom. The number of benzene rings is 1. The molecule has 0 radical (unpaired) electrons. The van der Waals surface area contributed by atoms with Crippen LogP contribution in [0.1, 0.15) is 12.5 Å². The minimum Gasteiger partial charge on any atom is -0.497 e. The molecule has 5 nitrogen and oxygen atoms in total. The molecule has 0 aliphatic heterocycles. The van der Waals surface area contributed by atoms with Gasteiger partial charge in [0.05, 0.1) is 13.7 Å². The molecule has 1 aromatic carbocycles. The quantitative estimate of drug-likeness (QED) is 0.621. The van der Waals surface area contributed by atoms with Gasteiger partial charge in [-0.05, 0) is 19.1 Å². The van der Waals surface area contributed by atoms with Gasteiger partial charge in [-0.15, -0.1) is 0 Å². The fraction of sp³-hybridized carbons (Fsp3) is 0.333. The van der Waals surface area contributed by atoms with E-state index in [0.717, 1.165) is 0 Å². The minimum absolute atomic E-state index is 0.0901. The highest BCUT2D eigenvalue weighted by Gasteiger charge is 2.40. The molecule has 1 atom stereocenters. The van der Waals surface area contributed by atoms with E-state index in [-0.39, 0.29) is 12.2 Å². The number of nitriles is 1. The van der Waals surface area contributed by atoms with E-state index in [9.17, 15) is 9.90 Å². The van der Waals surface area contributed by atoms with Crippen LogP contribution in [0.5, 0.6) is 5.75 Å². The van der Waals surface area contributed by atoms with Crippen LogP contribution in [-0.4, -0.2) is 24.8 Å². The normalized spacial score (nSPS) is 13.3. The Morgan fingerprint density at radius 1 is 1.59 bits per heavy atom. The molecule has 0 saturated carbocycles. The zero-order chi connectivity index (χ0) is 12.9. The maximum absolute atomic E-state index is 11.6. The maximum Gasteiger partial charge on any atom is 0.358 e. The highest BCUT2D eigenvalue weighted by Crippen LogP contribution is 2.25. The van der Waals surface area contributed by atoms with Crippen molar-refractivity contribution in [2.24, 2.45) is 0 Å². The minimum atomic E-state index is -2.30. The van der Waals surface area contributed by atoms with E-state index in [0.29, 0.717) is 5.75 Å². The van der Waals surface area contributed by atoms with Gasteiger partial charge in [0, 0.05) is 5.56 Å². The van der Waals surface area contributed by atoms with Gasteiger partial charge in [-0.2, -0.15) is 5.26 Å². The topological polar surface area (TPSA) is 79.5 Å². The lowest BCUT2D eigenvalue weighted by Gasteiger charge is -2.18. The Hall–Kier alpha value is -2.06. The lowest BCUT2D eigenvalue weighted by atomic mass is 9.95. The molecule has 5 heteroatoms. The van der Waals surface area contributed by atoms with Crippen LogP contribution in [0.4, 0.5) is 0 Å². The average molecular weight is 235 g/mol. The Morgan fingerprint density at radius 3 is 2.82 bits per heavy atom. The van der Waals surface area contributed by atoms with Crippen LogP contribution in [0.25, 0.3) is 0 Å². The first kappa shape index (κ1) is 13.0. The van der Waals surface area contributed by atoms with Crippen molar-refractivity contribution in [2.45, 2.75) is 12.5 Å². The van der Waals surface area contributed by atoms with Crippen LogP contribution in [0, 0.1) is 11.3 Å². The Balaban J connectivity index is 3.16. The second-order valence-electron chi connectivity index (χ2n) is 3.27. The first-order valence-corrected chi connectivity index (χ1v) is 5.03. The molecule has 1 N–H and O–H groups in total. The van der Waals surface area contributed by atoms with Crippen molar-refractivity contribution in [1.29, 1.82) is 5.26 Å². The van der Waals surface area contributed by atoms with E-state index in [2.05, 4.69) is 4.74 Å². The molecule has 1 aromatic rings. The molecule has 17 heavy (non-hydrogen) atoms. The molecule has 0 amide bonds. The van der Waals surface area contributed by atoms with Crippen LogP contribution in [-0.2, 0) is 15.1 Å². The van der Waals surface area contributed by atoms with Crippen LogP contribution >= 0.6 is 0 Å². The number of hydrogen-bond donors (Lipinski definition) is 1. The van der Waals surface area contributed by atoms with Gasteiger partial charge in [-0.25, -0.2) is 4.79 Å². The van der Waals surface area contributed by atoms with Crippen LogP contribution in [0.2, 0.25) is 0 Å². The highest BCUT2D eigenvalue weighted by molar-refractivity contribution is 5.84. The zero-order valence-corrected chi connectivity index (χ0v) is 9.64. The van der Waals surface area contributed by atoms with Crippen molar-refractivity contribution >= 4 is 5.97 Å². The summed E-state index contributed by atoms with van der Waals surface area (Å²) >= 11 is 0. The van der Waals surface area contributed by atoms with Gasteiger partial charge in [0.2, 0.25) is 0 Å². The molecule has 1 rings (SSSR count). The summed E-state index contributed by atoms with van der Waals surface area (Å²) in [5, 5.41) is 19.0. The van der Waals surface area contributed by atoms with Crippen LogP contribution in [0.3, 0.4) is 0 Å². The molecule has 0 heterocycles.